The number of esters is 1. The number of phenolic OH excluding ortho intramolecular Hbond substituents is 1. The molecule has 0 unspecified atom stereocenters. The van der Waals surface area contributed by atoms with Gasteiger partial charge in [0, 0.05) is 0 Å². The Labute approximate surface area is 154 Å². The Bertz CT molecular complexity index is 887. The van der Waals surface area contributed by atoms with Gasteiger partial charge in [-0.3, -0.25) is 14.5 Å². The average molecular weight is 369 g/mol. The van der Waals surface area contributed by atoms with Gasteiger partial charge in [-0.1, -0.05) is 24.3 Å². The molecule has 132 valence electrons. The number of carbonyl (C=O) groups is 3. The van der Waals surface area contributed by atoms with Gasteiger partial charge in [0.05, 0.1) is 24.1 Å². The van der Waals surface area contributed by atoms with Crippen LogP contribution >= 0.6 is 11.8 Å². The summed E-state index contributed by atoms with van der Waals surface area (Å²) in [6.45, 7) is 0.124. The van der Waals surface area contributed by atoms with Crippen molar-refractivity contribution in [3.8, 4) is 5.75 Å². The number of methoxy groups -OCH3 is 1. The lowest BCUT2D eigenvalue weighted by Gasteiger charge is -2.12. The molecule has 2 aromatic rings. The molecule has 0 atom stereocenters. The number of amides is 2. The fraction of sp³-hybridized carbons (Fsp3) is 0.105. The van der Waals surface area contributed by atoms with E-state index in [1.165, 1.54) is 19.2 Å². The number of hydrogen-bond donors (Lipinski definition) is 1. The summed E-state index contributed by atoms with van der Waals surface area (Å²) < 4.78 is 4.64. The zero-order valence-electron chi connectivity index (χ0n) is 13.8. The molecule has 0 saturated carbocycles. The van der Waals surface area contributed by atoms with Crippen LogP contribution in [-0.4, -0.2) is 34.2 Å². The van der Waals surface area contributed by atoms with E-state index in [0.29, 0.717) is 10.5 Å². The lowest BCUT2D eigenvalue weighted by molar-refractivity contribution is -0.123. The van der Waals surface area contributed by atoms with Crippen molar-refractivity contribution < 1.29 is 24.2 Å². The molecule has 2 aromatic carbocycles. The molecule has 1 aliphatic rings. The number of thioether (sulfide) groups is 1. The van der Waals surface area contributed by atoms with Crippen molar-refractivity contribution in [3.63, 3.8) is 0 Å². The van der Waals surface area contributed by atoms with Gasteiger partial charge in [0.25, 0.3) is 11.1 Å². The minimum absolute atomic E-state index is 0.124. The van der Waals surface area contributed by atoms with Crippen molar-refractivity contribution in [2.24, 2.45) is 0 Å². The van der Waals surface area contributed by atoms with E-state index in [4.69, 9.17) is 0 Å². The van der Waals surface area contributed by atoms with Gasteiger partial charge in [-0.15, -0.1) is 0 Å². The molecule has 7 heteroatoms. The summed E-state index contributed by atoms with van der Waals surface area (Å²) in [6.07, 6.45) is 1.62. The van der Waals surface area contributed by atoms with Gasteiger partial charge in [-0.05, 0) is 53.2 Å². The molecule has 1 saturated heterocycles. The SMILES string of the molecule is COC(=O)c1ccc(CN2C(=O)SC(=Cc3ccc(O)cc3)C2=O)cc1. The second-order valence-electron chi connectivity index (χ2n) is 5.55. The molecule has 1 heterocycles. The van der Waals surface area contributed by atoms with Crippen molar-refractivity contribution in [3.05, 3.63) is 70.1 Å². The zero-order chi connectivity index (χ0) is 18.7. The van der Waals surface area contributed by atoms with Crippen molar-refractivity contribution >= 4 is 35.0 Å². The number of imide groups is 1. The van der Waals surface area contributed by atoms with Crippen LogP contribution in [0.3, 0.4) is 0 Å². The largest absolute Gasteiger partial charge is 0.508 e. The van der Waals surface area contributed by atoms with E-state index in [1.807, 2.05) is 0 Å². The van der Waals surface area contributed by atoms with Crippen LogP contribution in [-0.2, 0) is 16.1 Å². The first-order valence-corrected chi connectivity index (χ1v) is 8.51. The Hall–Kier alpha value is -3.06. The molecule has 3 rings (SSSR count). The topological polar surface area (TPSA) is 83.9 Å². The highest BCUT2D eigenvalue weighted by Crippen LogP contribution is 2.33. The molecule has 1 N–H and O–H groups in total. The van der Waals surface area contributed by atoms with Crippen molar-refractivity contribution in [2.75, 3.05) is 7.11 Å². The van der Waals surface area contributed by atoms with Crippen LogP contribution in [0.5, 0.6) is 5.75 Å². The predicted molar refractivity (Wildman–Crippen MR) is 97.4 cm³/mol. The molecule has 1 aliphatic heterocycles. The van der Waals surface area contributed by atoms with Crippen LogP contribution in [0.1, 0.15) is 21.5 Å². The Morgan fingerprint density at radius 2 is 1.77 bits per heavy atom. The van der Waals surface area contributed by atoms with Gasteiger partial charge < -0.3 is 9.84 Å². The molecule has 26 heavy (non-hydrogen) atoms. The number of nitrogens with zero attached hydrogens (tertiary/aromatic N) is 1. The van der Waals surface area contributed by atoms with E-state index in [9.17, 15) is 19.5 Å². The van der Waals surface area contributed by atoms with E-state index in [-0.39, 0.29) is 23.4 Å². The van der Waals surface area contributed by atoms with Crippen LogP contribution in [0.25, 0.3) is 6.08 Å². The van der Waals surface area contributed by atoms with E-state index in [0.717, 1.165) is 27.8 Å². The molecule has 1 fully saturated rings. The van der Waals surface area contributed by atoms with E-state index in [2.05, 4.69) is 4.74 Å². The minimum Gasteiger partial charge on any atom is -0.508 e. The molecule has 0 aromatic heterocycles. The number of benzene rings is 2. The molecular weight excluding hydrogens is 354 g/mol. The van der Waals surface area contributed by atoms with Crippen LogP contribution in [0, 0.1) is 0 Å². The molecule has 0 spiro atoms. The van der Waals surface area contributed by atoms with Gasteiger partial charge in [0.1, 0.15) is 5.75 Å². The van der Waals surface area contributed by atoms with Gasteiger partial charge in [-0.2, -0.15) is 0 Å². The Morgan fingerprint density at radius 3 is 2.38 bits per heavy atom. The van der Waals surface area contributed by atoms with Crippen LogP contribution in [0.4, 0.5) is 4.79 Å². The highest BCUT2D eigenvalue weighted by atomic mass is 32.2. The maximum atomic E-state index is 12.5. The van der Waals surface area contributed by atoms with Crippen LogP contribution in [0.15, 0.2) is 53.4 Å². The van der Waals surface area contributed by atoms with Crippen molar-refractivity contribution in [1.82, 2.24) is 4.90 Å². The summed E-state index contributed by atoms with van der Waals surface area (Å²) in [5, 5.41) is 8.95. The number of phenols is 1. The fourth-order valence-electron chi connectivity index (χ4n) is 2.40. The lowest BCUT2D eigenvalue weighted by atomic mass is 10.1. The average Bonchev–Trinajstić information content (AvgIpc) is 2.91. The third kappa shape index (κ3) is 3.78. The Morgan fingerprint density at radius 1 is 1.12 bits per heavy atom. The van der Waals surface area contributed by atoms with Crippen LogP contribution < -0.4 is 0 Å². The summed E-state index contributed by atoms with van der Waals surface area (Å²) >= 11 is 0.874. The highest BCUT2D eigenvalue weighted by molar-refractivity contribution is 8.18. The molecule has 6 nitrogen and oxygen atoms in total. The van der Waals surface area contributed by atoms with Crippen molar-refractivity contribution in [2.45, 2.75) is 6.54 Å². The maximum absolute atomic E-state index is 12.5. The highest BCUT2D eigenvalue weighted by Gasteiger charge is 2.34. The van der Waals surface area contributed by atoms with Gasteiger partial charge >= 0.3 is 5.97 Å². The third-order valence-corrected chi connectivity index (χ3v) is 4.69. The van der Waals surface area contributed by atoms with E-state index in [1.54, 1.807) is 42.5 Å². The number of ether oxygens (including phenoxy) is 1. The summed E-state index contributed by atoms with van der Waals surface area (Å²) in [7, 11) is 1.30. The zero-order valence-corrected chi connectivity index (χ0v) is 14.7. The lowest BCUT2D eigenvalue weighted by Crippen LogP contribution is -2.27. The molecule has 0 radical (unpaired) electrons. The number of hydrogen-bond acceptors (Lipinski definition) is 6. The first kappa shape index (κ1) is 17.8. The van der Waals surface area contributed by atoms with Gasteiger partial charge in [0.2, 0.25) is 0 Å². The summed E-state index contributed by atoms with van der Waals surface area (Å²) in [4.78, 5) is 37.6. The summed E-state index contributed by atoms with van der Waals surface area (Å²) in [6, 6.07) is 12.9. The maximum Gasteiger partial charge on any atom is 0.337 e. The minimum atomic E-state index is -0.445. The standard InChI is InChI=1S/C19H15NO5S/c1-25-18(23)14-6-2-13(3-7-14)11-20-17(22)16(26-19(20)24)10-12-4-8-15(21)9-5-12/h2-10,21H,11H2,1H3. The second kappa shape index (κ2) is 7.45. The Kier molecular flexibility index (Phi) is 5.09. The summed E-state index contributed by atoms with van der Waals surface area (Å²) in [5.74, 6) is -0.685. The van der Waals surface area contributed by atoms with E-state index < -0.39 is 5.97 Å². The van der Waals surface area contributed by atoms with E-state index >= 15 is 0 Å². The normalized spacial score (nSPS) is 15.6. The predicted octanol–water partition coefficient (Wildman–Crippen LogP) is 3.42. The monoisotopic (exact) mass is 369 g/mol. The molecule has 0 aliphatic carbocycles. The number of rotatable bonds is 4. The van der Waals surface area contributed by atoms with Crippen molar-refractivity contribution in [1.29, 1.82) is 0 Å². The van der Waals surface area contributed by atoms with Gasteiger partial charge in [-0.25, -0.2) is 4.79 Å². The third-order valence-electron chi connectivity index (χ3n) is 3.78. The quantitative estimate of drug-likeness (QED) is 0.657. The Balaban J connectivity index is 1.75. The first-order chi connectivity index (χ1) is 12.5. The molecule has 0 bridgehead atoms. The number of carbonyl (C=O) groups excluding carboxylic acids is 3. The number of aromatic hydroxyl groups is 1. The summed E-state index contributed by atoms with van der Waals surface area (Å²) in [5.41, 5.74) is 1.85. The molecule has 2 amide bonds. The van der Waals surface area contributed by atoms with Gasteiger partial charge in [0.15, 0.2) is 0 Å². The first-order valence-electron chi connectivity index (χ1n) is 7.69. The molecular formula is C19H15NO5S. The second-order valence-corrected chi connectivity index (χ2v) is 6.54. The fourth-order valence-corrected chi connectivity index (χ4v) is 3.24. The smallest absolute Gasteiger partial charge is 0.337 e. The van der Waals surface area contributed by atoms with Crippen LogP contribution in [0.2, 0.25) is 0 Å².